The summed E-state index contributed by atoms with van der Waals surface area (Å²) >= 11 is 12.3. The molecule has 0 spiro atoms. The van der Waals surface area contributed by atoms with Gasteiger partial charge in [0.05, 0.1) is 10.0 Å². The van der Waals surface area contributed by atoms with Gasteiger partial charge >= 0.3 is 0 Å². The molecule has 2 N–H and O–H groups in total. The van der Waals surface area contributed by atoms with Gasteiger partial charge in [-0.1, -0.05) is 49.9 Å². The van der Waals surface area contributed by atoms with Crippen molar-refractivity contribution in [1.82, 2.24) is 0 Å². The Bertz CT molecular complexity index is 374. The summed E-state index contributed by atoms with van der Waals surface area (Å²) in [4.78, 5) is 0. The van der Waals surface area contributed by atoms with Crippen molar-refractivity contribution in [3.8, 4) is 11.5 Å². The molecule has 0 atom stereocenters. The van der Waals surface area contributed by atoms with E-state index in [0.29, 0.717) is 34.0 Å². The van der Waals surface area contributed by atoms with Crippen molar-refractivity contribution in [2.45, 2.75) is 46.0 Å². The summed E-state index contributed by atoms with van der Waals surface area (Å²) in [5.41, 5.74) is 1.09. The van der Waals surface area contributed by atoms with Gasteiger partial charge in [-0.05, 0) is 19.3 Å². The molecule has 0 saturated heterocycles. The molecule has 0 radical (unpaired) electrons. The molecular weight excluding hydrogens is 259 g/mol. The Morgan fingerprint density at radius 3 is 1.71 bits per heavy atom. The monoisotopic (exact) mass is 276 g/mol. The fourth-order valence-electron chi connectivity index (χ4n) is 1.82. The first kappa shape index (κ1) is 14.5. The third-order valence-corrected chi connectivity index (χ3v) is 3.73. The minimum Gasteiger partial charge on any atom is -0.504 e. The smallest absolute Gasteiger partial charge is 0.162 e. The molecule has 0 saturated carbocycles. The van der Waals surface area contributed by atoms with Crippen LogP contribution < -0.4 is 0 Å². The molecule has 0 bridgehead atoms. The number of unbranched alkanes of at least 4 members (excludes halogenated alkanes) is 1. The van der Waals surface area contributed by atoms with E-state index in [0.717, 1.165) is 19.3 Å². The molecule has 1 aromatic carbocycles. The average molecular weight is 277 g/mol. The summed E-state index contributed by atoms with van der Waals surface area (Å²) < 4.78 is 0. The lowest BCUT2D eigenvalue weighted by atomic mass is 10.0. The zero-order valence-electron chi connectivity index (χ0n) is 10.2. The van der Waals surface area contributed by atoms with Crippen LogP contribution in [0.25, 0.3) is 0 Å². The highest BCUT2D eigenvalue weighted by Gasteiger charge is 2.20. The van der Waals surface area contributed by atoms with Crippen LogP contribution in [0.15, 0.2) is 0 Å². The van der Waals surface area contributed by atoms with Crippen LogP contribution in [0.5, 0.6) is 11.5 Å². The van der Waals surface area contributed by atoms with Crippen molar-refractivity contribution >= 4 is 23.2 Å². The normalized spacial score (nSPS) is 10.8. The van der Waals surface area contributed by atoms with Gasteiger partial charge in [0.15, 0.2) is 11.5 Å². The van der Waals surface area contributed by atoms with Crippen LogP contribution in [0, 0.1) is 0 Å². The van der Waals surface area contributed by atoms with Crippen LogP contribution >= 0.6 is 23.2 Å². The second-order valence-electron chi connectivity index (χ2n) is 4.14. The lowest BCUT2D eigenvalue weighted by Crippen LogP contribution is -1.95. The minimum absolute atomic E-state index is 0.115. The Labute approximate surface area is 112 Å². The summed E-state index contributed by atoms with van der Waals surface area (Å²) in [6.07, 6.45) is 3.95. The van der Waals surface area contributed by atoms with E-state index in [1.165, 1.54) is 0 Å². The first-order chi connectivity index (χ1) is 8.04. The molecule has 0 heterocycles. The van der Waals surface area contributed by atoms with Gasteiger partial charge < -0.3 is 10.2 Å². The second-order valence-corrected chi connectivity index (χ2v) is 4.89. The standard InChI is InChI=1S/C13H18Cl2O2/c1-3-5-7-9-11(15)10(14)8(6-4-2)12(16)13(9)17/h16-17H,3-7H2,1-2H3. The van der Waals surface area contributed by atoms with Crippen LogP contribution in [-0.2, 0) is 12.8 Å². The van der Waals surface area contributed by atoms with Crippen LogP contribution in [0.4, 0.5) is 0 Å². The van der Waals surface area contributed by atoms with Gasteiger partial charge in [-0.3, -0.25) is 0 Å². The number of phenols is 2. The van der Waals surface area contributed by atoms with Crippen molar-refractivity contribution in [3.63, 3.8) is 0 Å². The Morgan fingerprint density at radius 1 is 0.824 bits per heavy atom. The molecular formula is C13H18Cl2O2. The van der Waals surface area contributed by atoms with Crippen LogP contribution in [0.1, 0.15) is 44.2 Å². The van der Waals surface area contributed by atoms with Gasteiger partial charge in [0.2, 0.25) is 0 Å². The summed E-state index contributed by atoms with van der Waals surface area (Å²) in [5.74, 6) is -0.233. The zero-order chi connectivity index (χ0) is 13.0. The predicted molar refractivity (Wildman–Crippen MR) is 72.4 cm³/mol. The van der Waals surface area contributed by atoms with Crippen molar-refractivity contribution in [3.05, 3.63) is 21.2 Å². The highest BCUT2D eigenvalue weighted by Crippen LogP contribution is 2.44. The van der Waals surface area contributed by atoms with Gasteiger partial charge in [-0.2, -0.15) is 0 Å². The summed E-state index contributed by atoms with van der Waals surface area (Å²) in [6, 6.07) is 0. The van der Waals surface area contributed by atoms with E-state index in [4.69, 9.17) is 23.2 Å². The molecule has 1 rings (SSSR count). The Balaban J connectivity index is 3.26. The molecule has 0 aliphatic heterocycles. The van der Waals surface area contributed by atoms with E-state index in [9.17, 15) is 10.2 Å². The van der Waals surface area contributed by atoms with Crippen molar-refractivity contribution < 1.29 is 10.2 Å². The third-order valence-electron chi connectivity index (χ3n) is 2.80. The Morgan fingerprint density at radius 2 is 1.29 bits per heavy atom. The van der Waals surface area contributed by atoms with E-state index in [1.54, 1.807) is 0 Å². The molecule has 2 nitrogen and oxygen atoms in total. The highest BCUT2D eigenvalue weighted by atomic mass is 35.5. The summed E-state index contributed by atoms with van der Waals surface area (Å²) in [7, 11) is 0. The van der Waals surface area contributed by atoms with Gasteiger partial charge in [0, 0.05) is 11.1 Å². The number of phenolic OH excluding ortho intramolecular Hbond substituents is 2. The number of benzene rings is 1. The van der Waals surface area contributed by atoms with Gasteiger partial charge in [0.1, 0.15) is 0 Å². The molecule has 96 valence electrons. The maximum Gasteiger partial charge on any atom is 0.162 e. The molecule has 0 fully saturated rings. The van der Waals surface area contributed by atoms with Crippen LogP contribution in [0.3, 0.4) is 0 Å². The molecule has 0 unspecified atom stereocenters. The number of aromatic hydroxyl groups is 2. The number of halogens is 2. The molecule has 17 heavy (non-hydrogen) atoms. The van der Waals surface area contributed by atoms with Crippen molar-refractivity contribution in [2.24, 2.45) is 0 Å². The highest BCUT2D eigenvalue weighted by molar-refractivity contribution is 6.43. The number of rotatable bonds is 5. The largest absolute Gasteiger partial charge is 0.504 e. The molecule has 0 aliphatic carbocycles. The molecule has 0 amide bonds. The fraction of sp³-hybridized carbons (Fsp3) is 0.538. The first-order valence-electron chi connectivity index (χ1n) is 5.95. The van der Waals surface area contributed by atoms with E-state index < -0.39 is 0 Å². The van der Waals surface area contributed by atoms with Crippen LogP contribution in [0.2, 0.25) is 10.0 Å². The summed E-state index contributed by atoms with van der Waals surface area (Å²) in [5, 5.41) is 20.6. The SMILES string of the molecule is CCCCc1c(O)c(O)c(CCC)c(Cl)c1Cl. The maximum atomic E-state index is 9.94. The van der Waals surface area contributed by atoms with Crippen molar-refractivity contribution in [2.75, 3.05) is 0 Å². The Hall–Kier alpha value is -0.600. The lowest BCUT2D eigenvalue weighted by molar-refractivity contribution is 0.394. The van der Waals surface area contributed by atoms with E-state index in [2.05, 4.69) is 6.92 Å². The van der Waals surface area contributed by atoms with E-state index in [1.807, 2.05) is 6.92 Å². The van der Waals surface area contributed by atoms with E-state index in [-0.39, 0.29) is 11.5 Å². The fourth-order valence-corrected chi connectivity index (χ4v) is 2.41. The number of hydrogen-bond acceptors (Lipinski definition) is 2. The zero-order valence-corrected chi connectivity index (χ0v) is 11.7. The van der Waals surface area contributed by atoms with Gasteiger partial charge in [-0.15, -0.1) is 0 Å². The third kappa shape index (κ3) is 2.99. The van der Waals surface area contributed by atoms with Crippen LogP contribution in [-0.4, -0.2) is 10.2 Å². The quantitative estimate of drug-likeness (QED) is 0.766. The summed E-state index contributed by atoms with van der Waals surface area (Å²) in [6.45, 7) is 4.03. The topological polar surface area (TPSA) is 40.5 Å². The average Bonchev–Trinajstić information content (AvgIpc) is 2.32. The maximum absolute atomic E-state index is 9.94. The molecule has 1 aromatic rings. The molecule has 0 aliphatic rings. The Kier molecular flexibility index (Phi) is 5.41. The second kappa shape index (κ2) is 6.36. The number of hydrogen-bond donors (Lipinski definition) is 2. The first-order valence-corrected chi connectivity index (χ1v) is 6.70. The molecule has 0 aromatic heterocycles. The minimum atomic E-state index is -0.118. The van der Waals surface area contributed by atoms with Gasteiger partial charge in [-0.25, -0.2) is 0 Å². The predicted octanol–water partition coefficient (Wildman–Crippen LogP) is 4.70. The van der Waals surface area contributed by atoms with Crippen molar-refractivity contribution in [1.29, 1.82) is 0 Å². The van der Waals surface area contributed by atoms with Gasteiger partial charge in [0.25, 0.3) is 0 Å². The lowest BCUT2D eigenvalue weighted by Gasteiger charge is -2.14. The van der Waals surface area contributed by atoms with E-state index >= 15 is 0 Å². The molecule has 4 heteroatoms.